The van der Waals surface area contributed by atoms with E-state index in [-0.39, 0.29) is 5.54 Å². The number of hydrogen-bond donors (Lipinski definition) is 1. The first-order chi connectivity index (χ1) is 10.3. The summed E-state index contributed by atoms with van der Waals surface area (Å²) in [5, 5.41) is 0. The van der Waals surface area contributed by atoms with E-state index in [4.69, 9.17) is 5.73 Å². The molecule has 3 saturated heterocycles. The fourth-order valence-electron chi connectivity index (χ4n) is 5.10. The van der Waals surface area contributed by atoms with Crippen LogP contribution in [-0.2, 0) is 0 Å². The largest absolute Gasteiger partial charge is 0.329 e. The Hall–Kier alpha value is -0.900. The molecule has 0 radical (unpaired) electrons. The van der Waals surface area contributed by atoms with Gasteiger partial charge in [-0.3, -0.25) is 9.80 Å². The van der Waals surface area contributed by atoms with Crippen molar-refractivity contribution < 1.29 is 0 Å². The van der Waals surface area contributed by atoms with E-state index >= 15 is 0 Å². The van der Waals surface area contributed by atoms with Gasteiger partial charge in [-0.2, -0.15) is 0 Å². The van der Waals surface area contributed by atoms with Crippen LogP contribution < -0.4 is 5.73 Å². The van der Waals surface area contributed by atoms with Crippen LogP contribution in [0.15, 0.2) is 30.3 Å². The molecule has 3 fully saturated rings. The van der Waals surface area contributed by atoms with Gasteiger partial charge in [0.05, 0.1) is 0 Å². The highest BCUT2D eigenvalue weighted by Gasteiger charge is 2.52. The molecule has 3 nitrogen and oxygen atoms in total. The molecule has 3 heterocycles. The molecular formula is C18H27N3. The summed E-state index contributed by atoms with van der Waals surface area (Å²) >= 11 is 0. The van der Waals surface area contributed by atoms with Crippen molar-refractivity contribution in [1.29, 1.82) is 0 Å². The number of hydrogen-bond acceptors (Lipinski definition) is 3. The molecule has 1 aromatic carbocycles. The van der Waals surface area contributed by atoms with Crippen molar-refractivity contribution in [3.63, 3.8) is 0 Å². The highest BCUT2D eigenvalue weighted by molar-refractivity contribution is 5.22. The Balaban J connectivity index is 1.54. The summed E-state index contributed by atoms with van der Waals surface area (Å²) in [5.74, 6) is 0.699. The second kappa shape index (κ2) is 5.38. The van der Waals surface area contributed by atoms with Gasteiger partial charge in [0.2, 0.25) is 0 Å². The monoisotopic (exact) mass is 285 g/mol. The highest BCUT2D eigenvalue weighted by atomic mass is 15.3. The summed E-state index contributed by atoms with van der Waals surface area (Å²) in [6, 6.07) is 11.8. The van der Waals surface area contributed by atoms with Gasteiger partial charge in [0, 0.05) is 31.2 Å². The second-order valence-electron chi connectivity index (χ2n) is 7.09. The van der Waals surface area contributed by atoms with Crippen molar-refractivity contribution in [2.45, 2.75) is 43.2 Å². The summed E-state index contributed by atoms with van der Waals surface area (Å²) in [6.45, 7) is 5.80. The molecule has 0 saturated carbocycles. The average molecular weight is 285 g/mol. The molecule has 1 aromatic rings. The molecule has 3 aliphatic rings. The van der Waals surface area contributed by atoms with E-state index in [9.17, 15) is 0 Å². The normalized spacial score (nSPS) is 37.2. The van der Waals surface area contributed by atoms with Crippen LogP contribution in [0.4, 0.5) is 0 Å². The molecule has 0 spiro atoms. The van der Waals surface area contributed by atoms with E-state index in [0.29, 0.717) is 5.92 Å². The number of nitrogens with zero attached hydrogens (tertiary/aromatic N) is 2. The van der Waals surface area contributed by atoms with Crippen molar-refractivity contribution in [3.05, 3.63) is 35.9 Å². The maximum absolute atomic E-state index is 6.32. The number of likely N-dealkylation sites (tertiary alicyclic amines) is 1. The number of rotatable bonds is 3. The van der Waals surface area contributed by atoms with Crippen LogP contribution in [-0.4, -0.2) is 54.1 Å². The number of fused-ring (bicyclic) bond motifs is 1. The van der Waals surface area contributed by atoms with Crippen LogP contribution in [0.1, 0.15) is 37.2 Å². The van der Waals surface area contributed by atoms with E-state index in [0.717, 1.165) is 12.6 Å². The molecule has 4 rings (SSSR count). The zero-order chi connectivity index (χ0) is 14.3. The maximum atomic E-state index is 6.32. The number of nitrogens with two attached hydrogens (primary N) is 1. The van der Waals surface area contributed by atoms with E-state index in [2.05, 4.69) is 40.1 Å². The van der Waals surface area contributed by atoms with E-state index < -0.39 is 0 Å². The van der Waals surface area contributed by atoms with Crippen LogP contribution in [0, 0.1) is 0 Å². The molecule has 0 amide bonds. The fraction of sp³-hybridized carbons (Fsp3) is 0.667. The summed E-state index contributed by atoms with van der Waals surface area (Å²) in [5.41, 5.74) is 8.09. The SMILES string of the molecule is NCC1(N2CCC(c3ccccc3)C2)CCN2CCCC21. The van der Waals surface area contributed by atoms with E-state index in [1.165, 1.54) is 57.4 Å². The van der Waals surface area contributed by atoms with E-state index in [1.54, 1.807) is 0 Å². The standard InChI is InChI=1S/C18H27N3/c19-14-18(9-12-20-10-4-7-17(18)20)21-11-8-16(13-21)15-5-2-1-3-6-15/h1-3,5-6,16-17H,4,7-14,19H2. The van der Waals surface area contributed by atoms with Crippen molar-refractivity contribution in [2.75, 3.05) is 32.7 Å². The first kappa shape index (κ1) is 13.7. The summed E-state index contributed by atoms with van der Waals surface area (Å²) < 4.78 is 0. The van der Waals surface area contributed by atoms with Gasteiger partial charge in [0.1, 0.15) is 0 Å². The predicted octanol–water partition coefficient (Wildman–Crippen LogP) is 2.04. The molecule has 0 aliphatic carbocycles. The lowest BCUT2D eigenvalue weighted by atomic mass is 9.86. The lowest BCUT2D eigenvalue weighted by Gasteiger charge is -2.42. The minimum atomic E-state index is 0.264. The van der Waals surface area contributed by atoms with Crippen molar-refractivity contribution in [3.8, 4) is 0 Å². The third kappa shape index (κ3) is 2.14. The number of benzene rings is 1. The highest BCUT2D eigenvalue weighted by Crippen LogP contribution is 2.43. The Labute approximate surface area is 128 Å². The molecule has 3 heteroatoms. The van der Waals surface area contributed by atoms with Gasteiger partial charge in [-0.1, -0.05) is 30.3 Å². The van der Waals surface area contributed by atoms with Gasteiger partial charge in [0.25, 0.3) is 0 Å². The minimum Gasteiger partial charge on any atom is -0.329 e. The van der Waals surface area contributed by atoms with Gasteiger partial charge >= 0.3 is 0 Å². The minimum absolute atomic E-state index is 0.264. The molecule has 3 atom stereocenters. The molecule has 0 aromatic heterocycles. The van der Waals surface area contributed by atoms with Crippen LogP contribution in [0.3, 0.4) is 0 Å². The molecule has 2 N–H and O–H groups in total. The predicted molar refractivity (Wildman–Crippen MR) is 86.4 cm³/mol. The topological polar surface area (TPSA) is 32.5 Å². The first-order valence-electron chi connectivity index (χ1n) is 8.57. The van der Waals surface area contributed by atoms with Crippen LogP contribution in [0.25, 0.3) is 0 Å². The van der Waals surface area contributed by atoms with Crippen LogP contribution >= 0.6 is 0 Å². The zero-order valence-electron chi connectivity index (χ0n) is 12.9. The quantitative estimate of drug-likeness (QED) is 0.922. The summed E-state index contributed by atoms with van der Waals surface area (Å²) in [6.07, 6.45) is 5.28. The first-order valence-corrected chi connectivity index (χ1v) is 8.57. The third-order valence-electron chi connectivity index (χ3n) is 6.26. The van der Waals surface area contributed by atoms with Gasteiger partial charge in [-0.25, -0.2) is 0 Å². The molecule has 0 bridgehead atoms. The summed E-state index contributed by atoms with van der Waals surface area (Å²) in [7, 11) is 0. The Morgan fingerprint density at radius 3 is 2.76 bits per heavy atom. The Bertz CT molecular complexity index is 488. The average Bonchev–Trinajstić information content (AvgIpc) is 3.24. The van der Waals surface area contributed by atoms with E-state index in [1.807, 2.05) is 0 Å². The fourth-order valence-corrected chi connectivity index (χ4v) is 5.10. The Morgan fingerprint density at radius 1 is 1.10 bits per heavy atom. The van der Waals surface area contributed by atoms with Crippen molar-refractivity contribution in [1.82, 2.24) is 9.80 Å². The Morgan fingerprint density at radius 2 is 1.95 bits per heavy atom. The molecule has 21 heavy (non-hydrogen) atoms. The van der Waals surface area contributed by atoms with Crippen molar-refractivity contribution >= 4 is 0 Å². The molecule has 114 valence electrons. The van der Waals surface area contributed by atoms with Gasteiger partial charge in [-0.15, -0.1) is 0 Å². The lowest BCUT2D eigenvalue weighted by Crippen LogP contribution is -2.59. The molecule has 3 aliphatic heterocycles. The van der Waals surface area contributed by atoms with Crippen molar-refractivity contribution in [2.24, 2.45) is 5.73 Å². The molecule has 3 unspecified atom stereocenters. The Kier molecular flexibility index (Phi) is 3.52. The van der Waals surface area contributed by atoms with Crippen LogP contribution in [0.2, 0.25) is 0 Å². The second-order valence-corrected chi connectivity index (χ2v) is 7.09. The lowest BCUT2D eigenvalue weighted by molar-refractivity contribution is 0.0877. The summed E-state index contributed by atoms with van der Waals surface area (Å²) in [4.78, 5) is 5.45. The smallest absolute Gasteiger partial charge is 0.0499 e. The van der Waals surface area contributed by atoms with Gasteiger partial charge in [-0.05, 0) is 50.3 Å². The van der Waals surface area contributed by atoms with Crippen LogP contribution in [0.5, 0.6) is 0 Å². The molecular weight excluding hydrogens is 258 g/mol. The third-order valence-corrected chi connectivity index (χ3v) is 6.26. The van der Waals surface area contributed by atoms with Gasteiger partial charge in [0.15, 0.2) is 0 Å². The van der Waals surface area contributed by atoms with Gasteiger partial charge < -0.3 is 5.73 Å². The maximum Gasteiger partial charge on any atom is 0.0499 e. The zero-order valence-corrected chi connectivity index (χ0v) is 12.9.